The van der Waals surface area contributed by atoms with Crippen LogP contribution in [-0.4, -0.2) is 56.5 Å². The smallest absolute Gasteiger partial charge is 0.230 e. The maximum absolute atomic E-state index is 12.7. The van der Waals surface area contributed by atoms with Crippen molar-refractivity contribution in [3.05, 3.63) is 30.4 Å². The van der Waals surface area contributed by atoms with E-state index >= 15 is 0 Å². The van der Waals surface area contributed by atoms with Gasteiger partial charge in [-0.1, -0.05) is 19.3 Å². The second-order valence-corrected chi connectivity index (χ2v) is 9.15. The molecule has 0 bridgehead atoms. The summed E-state index contributed by atoms with van der Waals surface area (Å²) in [6.45, 7) is 3.96. The van der Waals surface area contributed by atoms with E-state index < -0.39 is 0 Å². The number of hydrogen-bond acceptors (Lipinski definition) is 8. The molecule has 5 heterocycles. The molecule has 2 N–H and O–H groups in total. The Bertz CT molecular complexity index is 1140. The van der Waals surface area contributed by atoms with Gasteiger partial charge in [0.15, 0.2) is 17.3 Å². The number of piperazine rings is 1. The molecule has 1 spiro atoms. The molecule has 1 saturated heterocycles. The van der Waals surface area contributed by atoms with Gasteiger partial charge in [0, 0.05) is 38.1 Å². The lowest BCUT2D eigenvalue weighted by Crippen LogP contribution is -2.43. The van der Waals surface area contributed by atoms with Gasteiger partial charge >= 0.3 is 0 Å². The van der Waals surface area contributed by atoms with E-state index in [1.165, 1.54) is 19.3 Å². The Morgan fingerprint density at radius 3 is 2.59 bits per heavy atom. The number of carbonyl (C=O) groups excluding carboxylic acids is 1. The third-order valence-electron chi connectivity index (χ3n) is 7.20. The second kappa shape index (κ2) is 7.81. The summed E-state index contributed by atoms with van der Waals surface area (Å²) in [6, 6.07) is 4.04. The molecule has 0 atom stereocenters. The molecule has 3 aliphatic rings. The topological polar surface area (TPSA) is 101 Å². The lowest BCUT2D eigenvalue weighted by Gasteiger charge is -2.42. The Morgan fingerprint density at radius 1 is 0.969 bits per heavy atom. The van der Waals surface area contributed by atoms with Gasteiger partial charge in [-0.15, -0.1) is 0 Å². The highest BCUT2D eigenvalue weighted by atomic mass is 16.1. The molecule has 9 nitrogen and oxygen atoms in total. The number of Topliss-reactive ketones (excluding diaryl/α,β-unsaturated/α-hetero) is 1. The van der Waals surface area contributed by atoms with Crippen molar-refractivity contribution < 1.29 is 4.79 Å². The first kappa shape index (κ1) is 19.6. The zero-order valence-corrected chi connectivity index (χ0v) is 18.2. The number of carbonyl (C=O) groups is 1. The van der Waals surface area contributed by atoms with E-state index in [0.29, 0.717) is 29.5 Å². The van der Waals surface area contributed by atoms with Crippen LogP contribution in [0.25, 0.3) is 11.2 Å². The zero-order chi connectivity index (χ0) is 21.5. The van der Waals surface area contributed by atoms with Crippen LogP contribution in [0.5, 0.6) is 0 Å². The van der Waals surface area contributed by atoms with Gasteiger partial charge in [0.2, 0.25) is 5.95 Å². The molecule has 2 aliphatic heterocycles. The van der Waals surface area contributed by atoms with Crippen LogP contribution in [0.1, 0.15) is 55.6 Å². The fourth-order valence-corrected chi connectivity index (χ4v) is 5.51. The van der Waals surface area contributed by atoms with Gasteiger partial charge in [-0.2, -0.15) is 4.98 Å². The molecular formula is C23H28N8O. The Balaban J connectivity index is 1.31. The number of fused-ring (bicyclic) bond motifs is 4. The molecule has 0 unspecified atom stereocenters. The van der Waals surface area contributed by atoms with Gasteiger partial charge in [0.1, 0.15) is 11.3 Å². The van der Waals surface area contributed by atoms with E-state index in [2.05, 4.69) is 41.1 Å². The Kier molecular flexibility index (Phi) is 4.78. The lowest BCUT2D eigenvalue weighted by atomic mass is 9.76. The van der Waals surface area contributed by atoms with Gasteiger partial charge in [0.25, 0.3) is 0 Å². The first-order chi connectivity index (χ1) is 15.7. The molecule has 0 aromatic carbocycles. The van der Waals surface area contributed by atoms with E-state index in [4.69, 9.17) is 4.98 Å². The van der Waals surface area contributed by atoms with Crippen LogP contribution in [0.2, 0.25) is 0 Å². The summed E-state index contributed by atoms with van der Waals surface area (Å²) in [4.78, 5) is 33.4. The summed E-state index contributed by atoms with van der Waals surface area (Å²) in [6.07, 6.45) is 10.9. The fourth-order valence-electron chi connectivity index (χ4n) is 5.51. The molecular weight excluding hydrogens is 404 g/mol. The van der Waals surface area contributed by atoms with Crippen LogP contribution >= 0.6 is 0 Å². The van der Waals surface area contributed by atoms with Crippen molar-refractivity contribution in [2.24, 2.45) is 0 Å². The molecule has 1 saturated carbocycles. The van der Waals surface area contributed by atoms with Gasteiger partial charge in [-0.05, 0) is 31.4 Å². The lowest BCUT2D eigenvalue weighted by molar-refractivity contribution is 0.0842. The molecule has 32 heavy (non-hydrogen) atoms. The van der Waals surface area contributed by atoms with Crippen molar-refractivity contribution in [3.8, 4) is 0 Å². The van der Waals surface area contributed by atoms with Gasteiger partial charge < -0.3 is 15.5 Å². The van der Waals surface area contributed by atoms with Crippen molar-refractivity contribution in [1.82, 2.24) is 29.8 Å². The van der Waals surface area contributed by atoms with E-state index in [-0.39, 0.29) is 11.3 Å². The predicted octanol–water partition coefficient (Wildman–Crippen LogP) is 3.01. The Hall–Kier alpha value is -3.07. The van der Waals surface area contributed by atoms with Crippen LogP contribution in [0.15, 0.2) is 24.5 Å². The van der Waals surface area contributed by atoms with Crippen LogP contribution in [0.3, 0.4) is 0 Å². The third-order valence-corrected chi connectivity index (χ3v) is 7.20. The van der Waals surface area contributed by atoms with Gasteiger partial charge in [-0.25, -0.2) is 15.0 Å². The molecule has 3 aromatic heterocycles. The quantitative estimate of drug-likeness (QED) is 0.651. The van der Waals surface area contributed by atoms with E-state index in [1.807, 2.05) is 12.3 Å². The number of nitrogens with zero attached hydrogens (tertiary/aromatic N) is 6. The van der Waals surface area contributed by atoms with E-state index in [1.54, 1.807) is 6.20 Å². The first-order valence-electron chi connectivity index (χ1n) is 11.7. The van der Waals surface area contributed by atoms with E-state index in [0.717, 1.165) is 56.8 Å². The molecule has 0 amide bonds. The van der Waals surface area contributed by atoms with Gasteiger partial charge in [-0.3, -0.25) is 9.36 Å². The number of aromatic nitrogens is 5. The van der Waals surface area contributed by atoms with Gasteiger partial charge in [0.05, 0.1) is 18.1 Å². The van der Waals surface area contributed by atoms with Crippen LogP contribution in [0, 0.1) is 0 Å². The van der Waals surface area contributed by atoms with Crippen molar-refractivity contribution in [2.45, 2.75) is 50.5 Å². The number of imidazole rings is 1. The summed E-state index contributed by atoms with van der Waals surface area (Å²) < 4.78 is 2.14. The van der Waals surface area contributed by atoms with E-state index in [9.17, 15) is 4.79 Å². The summed E-state index contributed by atoms with van der Waals surface area (Å²) in [5.74, 6) is 1.84. The fraction of sp³-hybridized carbons (Fsp3) is 0.522. The summed E-state index contributed by atoms with van der Waals surface area (Å²) >= 11 is 0. The number of ketones is 1. The minimum Gasteiger partial charge on any atom is -0.368 e. The zero-order valence-electron chi connectivity index (χ0n) is 18.2. The van der Waals surface area contributed by atoms with Crippen molar-refractivity contribution in [3.63, 3.8) is 0 Å². The number of rotatable bonds is 3. The molecule has 166 valence electrons. The standard InChI is InChI=1S/C23H28N8O/c32-18-6-9-23(7-2-1-3-8-23)31-20-17(27-21(18)31)15-26-22(29-20)28-19-5-4-16(14-25-19)30-12-10-24-11-13-30/h4-5,14-15,24H,1-3,6-13H2,(H,25,26,28,29). The van der Waals surface area contributed by atoms with Crippen molar-refractivity contribution >= 4 is 34.4 Å². The molecule has 3 aromatic rings. The second-order valence-electron chi connectivity index (χ2n) is 9.15. The van der Waals surface area contributed by atoms with Crippen LogP contribution < -0.4 is 15.5 Å². The molecule has 2 fully saturated rings. The summed E-state index contributed by atoms with van der Waals surface area (Å²) in [5, 5.41) is 6.60. The number of nitrogens with one attached hydrogen (secondary N) is 2. The van der Waals surface area contributed by atoms with Crippen molar-refractivity contribution in [1.29, 1.82) is 0 Å². The highest BCUT2D eigenvalue weighted by molar-refractivity contribution is 5.97. The summed E-state index contributed by atoms with van der Waals surface area (Å²) in [5.41, 5.74) is 2.53. The number of pyridine rings is 1. The molecule has 9 heteroatoms. The third kappa shape index (κ3) is 3.31. The highest BCUT2D eigenvalue weighted by Crippen LogP contribution is 2.44. The SMILES string of the molecule is O=C1CCC2(CCCCC2)n2c1nc1cnc(Nc3ccc(N4CCNCC4)cn3)nc12. The molecule has 6 rings (SSSR count). The van der Waals surface area contributed by atoms with Crippen molar-refractivity contribution in [2.75, 3.05) is 36.4 Å². The molecule has 0 radical (unpaired) electrons. The largest absolute Gasteiger partial charge is 0.368 e. The summed E-state index contributed by atoms with van der Waals surface area (Å²) in [7, 11) is 0. The number of hydrogen-bond donors (Lipinski definition) is 2. The van der Waals surface area contributed by atoms with Crippen LogP contribution in [0.4, 0.5) is 17.5 Å². The Morgan fingerprint density at radius 2 is 1.81 bits per heavy atom. The number of anilines is 3. The molecule has 1 aliphatic carbocycles. The average molecular weight is 433 g/mol. The first-order valence-corrected chi connectivity index (χ1v) is 11.7. The normalized spacial score (nSPS) is 20.5. The maximum Gasteiger partial charge on any atom is 0.230 e. The van der Waals surface area contributed by atoms with Crippen LogP contribution in [-0.2, 0) is 5.54 Å². The highest BCUT2D eigenvalue weighted by Gasteiger charge is 2.42. The maximum atomic E-state index is 12.7. The minimum absolute atomic E-state index is 0.0366. The minimum atomic E-state index is -0.0366. The predicted molar refractivity (Wildman–Crippen MR) is 123 cm³/mol. The monoisotopic (exact) mass is 432 g/mol. The average Bonchev–Trinajstić information content (AvgIpc) is 3.24. The Labute approximate surface area is 186 Å².